The molecule has 0 atom stereocenters. The molecular formula is C10H14N2O. The van der Waals surface area contributed by atoms with Crippen molar-refractivity contribution in [2.75, 3.05) is 5.32 Å². The van der Waals surface area contributed by atoms with Crippen LogP contribution in [-0.2, 0) is 17.8 Å². The third-order valence-corrected chi connectivity index (χ3v) is 2.18. The van der Waals surface area contributed by atoms with E-state index in [0.29, 0.717) is 12.5 Å². The Labute approximate surface area is 77.7 Å². The van der Waals surface area contributed by atoms with Crippen LogP contribution < -0.4 is 5.32 Å². The van der Waals surface area contributed by atoms with E-state index in [4.69, 9.17) is 0 Å². The van der Waals surface area contributed by atoms with Crippen molar-refractivity contribution in [2.24, 2.45) is 5.92 Å². The van der Waals surface area contributed by atoms with E-state index in [1.54, 1.807) is 0 Å². The average Bonchev–Trinajstić information content (AvgIpc) is 2.41. The normalized spacial score (nSPS) is 14.8. The van der Waals surface area contributed by atoms with Gasteiger partial charge in [-0.05, 0) is 24.0 Å². The molecule has 0 spiro atoms. The highest BCUT2D eigenvalue weighted by Crippen LogP contribution is 2.21. The summed E-state index contributed by atoms with van der Waals surface area (Å²) in [5, 5.41) is 2.82. The third-order valence-electron chi connectivity index (χ3n) is 2.18. The third kappa shape index (κ3) is 1.59. The minimum Gasteiger partial charge on any atom is -0.325 e. The topological polar surface area (TPSA) is 34.0 Å². The predicted molar refractivity (Wildman–Crippen MR) is 51.6 cm³/mol. The van der Waals surface area contributed by atoms with Crippen LogP contribution in [0.4, 0.5) is 5.82 Å². The number of anilines is 1. The van der Waals surface area contributed by atoms with Gasteiger partial charge in [-0.1, -0.05) is 13.8 Å². The molecule has 0 fully saturated rings. The summed E-state index contributed by atoms with van der Waals surface area (Å²) >= 11 is 0. The first-order chi connectivity index (χ1) is 6.15. The maximum Gasteiger partial charge on any atom is 0.245 e. The molecule has 1 N–H and O–H groups in total. The SMILES string of the molecule is CC(C)Cc1cc2n(c1)CC(=O)N2. The lowest BCUT2D eigenvalue weighted by Gasteiger charge is -2.00. The first-order valence-corrected chi connectivity index (χ1v) is 4.64. The molecule has 0 aliphatic carbocycles. The fourth-order valence-electron chi connectivity index (χ4n) is 1.72. The Morgan fingerprint density at radius 3 is 3.00 bits per heavy atom. The summed E-state index contributed by atoms with van der Waals surface area (Å²) in [6, 6.07) is 2.06. The minimum absolute atomic E-state index is 0.0890. The Morgan fingerprint density at radius 2 is 2.38 bits per heavy atom. The Hall–Kier alpha value is -1.25. The van der Waals surface area contributed by atoms with Crippen molar-refractivity contribution in [3.63, 3.8) is 0 Å². The number of amides is 1. The summed E-state index contributed by atoms with van der Waals surface area (Å²) < 4.78 is 1.97. The monoisotopic (exact) mass is 178 g/mol. The second kappa shape index (κ2) is 2.91. The zero-order valence-corrected chi connectivity index (χ0v) is 8.00. The number of nitrogens with one attached hydrogen (secondary N) is 1. The molecule has 0 saturated heterocycles. The van der Waals surface area contributed by atoms with Gasteiger partial charge in [0.2, 0.25) is 5.91 Å². The largest absolute Gasteiger partial charge is 0.325 e. The number of rotatable bonds is 2. The molecule has 3 nitrogen and oxygen atoms in total. The van der Waals surface area contributed by atoms with Crippen LogP contribution in [-0.4, -0.2) is 10.5 Å². The number of nitrogens with zero attached hydrogens (tertiary/aromatic N) is 1. The van der Waals surface area contributed by atoms with Gasteiger partial charge in [-0.15, -0.1) is 0 Å². The fourth-order valence-corrected chi connectivity index (χ4v) is 1.72. The summed E-state index contributed by atoms with van der Waals surface area (Å²) in [5.74, 6) is 1.70. The summed E-state index contributed by atoms with van der Waals surface area (Å²) in [7, 11) is 0. The van der Waals surface area contributed by atoms with Crippen molar-refractivity contribution in [3.05, 3.63) is 17.8 Å². The zero-order valence-electron chi connectivity index (χ0n) is 8.00. The molecule has 1 aromatic heterocycles. The molecule has 0 bridgehead atoms. The number of hydrogen-bond donors (Lipinski definition) is 1. The van der Waals surface area contributed by atoms with Crippen LogP contribution in [0.1, 0.15) is 19.4 Å². The molecule has 0 radical (unpaired) electrons. The highest BCUT2D eigenvalue weighted by Gasteiger charge is 2.17. The van der Waals surface area contributed by atoms with Gasteiger partial charge in [0.25, 0.3) is 0 Å². The van der Waals surface area contributed by atoms with Gasteiger partial charge >= 0.3 is 0 Å². The Kier molecular flexibility index (Phi) is 1.87. The Morgan fingerprint density at radius 1 is 1.62 bits per heavy atom. The Bertz CT molecular complexity index is 313. The second-order valence-corrected chi connectivity index (χ2v) is 4.01. The molecule has 0 unspecified atom stereocenters. The summed E-state index contributed by atoms with van der Waals surface area (Å²) in [6.45, 7) is 4.87. The van der Waals surface area contributed by atoms with Gasteiger partial charge in [-0.3, -0.25) is 4.79 Å². The van der Waals surface area contributed by atoms with Crippen molar-refractivity contribution < 1.29 is 4.79 Å². The molecule has 1 aromatic rings. The van der Waals surface area contributed by atoms with Crippen molar-refractivity contribution in [1.29, 1.82) is 0 Å². The molecule has 1 amide bonds. The molecular weight excluding hydrogens is 164 g/mol. The van der Waals surface area contributed by atoms with E-state index in [1.807, 2.05) is 4.57 Å². The number of carbonyl (C=O) groups is 1. The summed E-state index contributed by atoms with van der Waals surface area (Å²) in [4.78, 5) is 11.0. The molecule has 1 aliphatic rings. The average molecular weight is 178 g/mol. The molecule has 0 saturated carbocycles. The predicted octanol–water partition coefficient (Wildman–Crippen LogP) is 1.64. The molecule has 3 heteroatoms. The Balaban J connectivity index is 2.17. The maximum atomic E-state index is 11.0. The second-order valence-electron chi connectivity index (χ2n) is 4.01. The standard InChI is InChI=1S/C10H14N2O/c1-7(2)3-8-4-9-11-10(13)6-12(9)5-8/h4-5,7H,3,6H2,1-2H3,(H,11,13). The van der Waals surface area contributed by atoms with Gasteiger partial charge in [0.15, 0.2) is 0 Å². The van der Waals surface area contributed by atoms with Crippen LogP contribution in [0.5, 0.6) is 0 Å². The van der Waals surface area contributed by atoms with Crippen LogP contribution >= 0.6 is 0 Å². The van der Waals surface area contributed by atoms with E-state index < -0.39 is 0 Å². The summed E-state index contributed by atoms with van der Waals surface area (Å²) in [5.41, 5.74) is 1.31. The van der Waals surface area contributed by atoms with E-state index in [1.165, 1.54) is 5.56 Å². The van der Waals surface area contributed by atoms with Gasteiger partial charge in [0, 0.05) is 6.20 Å². The number of aromatic nitrogens is 1. The molecule has 0 aromatic carbocycles. The van der Waals surface area contributed by atoms with Crippen LogP contribution in [0.15, 0.2) is 12.3 Å². The van der Waals surface area contributed by atoms with Crippen LogP contribution in [0, 0.1) is 5.92 Å². The van der Waals surface area contributed by atoms with E-state index in [-0.39, 0.29) is 5.91 Å². The van der Waals surface area contributed by atoms with Gasteiger partial charge < -0.3 is 9.88 Å². The minimum atomic E-state index is 0.0890. The first-order valence-electron chi connectivity index (χ1n) is 4.64. The zero-order chi connectivity index (χ0) is 9.42. The number of fused-ring (bicyclic) bond motifs is 1. The van der Waals surface area contributed by atoms with E-state index in [0.717, 1.165) is 12.2 Å². The van der Waals surface area contributed by atoms with Gasteiger partial charge in [0.1, 0.15) is 12.4 Å². The van der Waals surface area contributed by atoms with Crippen molar-refractivity contribution in [1.82, 2.24) is 4.57 Å². The van der Waals surface area contributed by atoms with Crippen molar-refractivity contribution in [2.45, 2.75) is 26.8 Å². The van der Waals surface area contributed by atoms with Crippen LogP contribution in [0.2, 0.25) is 0 Å². The molecule has 13 heavy (non-hydrogen) atoms. The van der Waals surface area contributed by atoms with Crippen molar-refractivity contribution >= 4 is 11.7 Å². The molecule has 70 valence electrons. The molecule has 2 rings (SSSR count). The van der Waals surface area contributed by atoms with Gasteiger partial charge in [-0.2, -0.15) is 0 Å². The van der Waals surface area contributed by atoms with E-state index in [2.05, 4.69) is 31.4 Å². The van der Waals surface area contributed by atoms with E-state index in [9.17, 15) is 4.79 Å². The number of hydrogen-bond acceptors (Lipinski definition) is 1. The molecule has 1 aliphatic heterocycles. The maximum absolute atomic E-state index is 11.0. The lowest BCUT2D eigenvalue weighted by molar-refractivity contribution is -0.115. The highest BCUT2D eigenvalue weighted by atomic mass is 16.2. The first kappa shape index (κ1) is 8.35. The highest BCUT2D eigenvalue weighted by molar-refractivity contribution is 5.93. The van der Waals surface area contributed by atoms with Crippen LogP contribution in [0.25, 0.3) is 0 Å². The van der Waals surface area contributed by atoms with Crippen LogP contribution in [0.3, 0.4) is 0 Å². The van der Waals surface area contributed by atoms with E-state index >= 15 is 0 Å². The lowest BCUT2D eigenvalue weighted by atomic mass is 10.1. The van der Waals surface area contributed by atoms with Gasteiger partial charge in [0.05, 0.1) is 0 Å². The number of carbonyl (C=O) groups excluding carboxylic acids is 1. The molecule has 2 heterocycles. The smallest absolute Gasteiger partial charge is 0.245 e. The van der Waals surface area contributed by atoms with Gasteiger partial charge in [-0.25, -0.2) is 0 Å². The summed E-state index contributed by atoms with van der Waals surface area (Å²) in [6.07, 6.45) is 3.14. The fraction of sp³-hybridized carbons (Fsp3) is 0.500. The quantitative estimate of drug-likeness (QED) is 0.734. The van der Waals surface area contributed by atoms with Crippen molar-refractivity contribution in [3.8, 4) is 0 Å². The lowest BCUT2D eigenvalue weighted by Crippen LogP contribution is -2.06.